The maximum Gasteiger partial charge on any atom is 0.323 e. The lowest BCUT2D eigenvalue weighted by molar-refractivity contribution is -0.133. The number of nitrogens with zero attached hydrogens (tertiary/aromatic N) is 3. The number of aryl methyl sites for hydroxylation is 1. The Bertz CT molecular complexity index is 1580. The highest BCUT2D eigenvalue weighted by Crippen LogP contribution is 2.42. The molecule has 0 radical (unpaired) electrons. The van der Waals surface area contributed by atoms with Gasteiger partial charge in [-0.05, 0) is 48.9 Å². The molecule has 1 fully saturated rings. The lowest BCUT2D eigenvalue weighted by Crippen LogP contribution is -2.47. The van der Waals surface area contributed by atoms with Crippen LogP contribution < -0.4 is 20.3 Å². The third-order valence-electron chi connectivity index (χ3n) is 6.61. The number of pyridine rings is 1. The lowest BCUT2D eigenvalue weighted by atomic mass is 10.1. The zero-order valence-electron chi connectivity index (χ0n) is 21.1. The fourth-order valence-corrected chi connectivity index (χ4v) is 5.79. The Morgan fingerprint density at radius 1 is 1.08 bits per heavy atom. The summed E-state index contributed by atoms with van der Waals surface area (Å²) < 4.78 is 11.4. The van der Waals surface area contributed by atoms with E-state index in [1.54, 1.807) is 29.3 Å². The summed E-state index contributed by atoms with van der Waals surface area (Å²) in [6, 6.07) is 16.1. The molecular weight excluding hydrogens is 518 g/mol. The number of rotatable bonds is 6. The van der Waals surface area contributed by atoms with Crippen molar-refractivity contribution in [1.29, 1.82) is 0 Å². The smallest absolute Gasteiger partial charge is 0.323 e. The maximum absolute atomic E-state index is 14.2. The zero-order valence-corrected chi connectivity index (χ0v) is 21.9. The van der Waals surface area contributed by atoms with E-state index in [0.29, 0.717) is 70.0 Å². The normalized spacial score (nSPS) is 14.5. The van der Waals surface area contributed by atoms with Crippen molar-refractivity contribution < 1.29 is 23.9 Å². The van der Waals surface area contributed by atoms with Gasteiger partial charge in [-0.25, -0.2) is 9.78 Å². The summed E-state index contributed by atoms with van der Waals surface area (Å²) in [5.74, 6) is 0.716. The zero-order chi connectivity index (χ0) is 26.9. The largest absolute Gasteiger partial charge is 0.457 e. The molecule has 2 aliphatic rings. The third-order valence-corrected chi connectivity index (χ3v) is 7.70. The van der Waals surface area contributed by atoms with Crippen LogP contribution >= 0.6 is 11.3 Å². The number of ether oxygens (including phenoxy) is 2. The minimum absolute atomic E-state index is 0.168. The number of hydrogen-bond acceptors (Lipinski definition) is 7. The predicted molar refractivity (Wildman–Crippen MR) is 149 cm³/mol. The monoisotopic (exact) mass is 543 g/mol. The van der Waals surface area contributed by atoms with Gasteiger partial charge in [0.25, 0.3) is 5.91 Å². The van der Waals surface area contributed by atoms with E-state index in [2.05, 4.69) is 15.6 Å². The van der Waals surface area contributed by atoms with Crippen LogP contribution in [0, 0.1) is 6.92 Å². The Kier molecular flexibility index (Phi) is 6.59. The number of nitrogens with one attached hydrogen (secondary N) is 2. The van der Waals surface area contributed by atoms with E-state index in [1.165, 1.54) is 16.2 Å². The highest BCUT2D eigenvalue weighted by atomic mass is 32.1. The minimum atomic E-state index is -0.433. The summed E-state index contributed by atoms with van der Waals surface area (Å²) >= 11 is 1.18. The maximum atomic E-state index is 14.2. The molecule has 2 aromatic heterocycles. The molecule has 39 heavy (non-hydrogen) atoms. The van der Waals surface area contributed by atoms with Crippen LogP contribution in [-0.4, -0.2) is 60.6 Å². The molecule has 0 aliphatic carbocycles. The first-order valence-electron chi connectivity index (χ1n) is 12.5. The number of morpholine rings is 1. The number of thiophene rings is 1. The van der Waals surface area contributed by atoms with Gasteiger partial charge in [0.15, 0.2) is 0 Å². The molecule has 0 saturated carbocycles. The first-order chi connectivity index (χ1) is 19.0. The molecule has 4 aromatic rings. The molecule has 2 aromatic carbocycles. The number of para-hydroxylation sites is 1. The molecule has 10 nitrogen and oxygen atoms in total. The fourth-order valence-electron chi connectivity index (χ4n) is 4.72. The molecular formula is C28H25N5O5S. The van der Waals surface area contributed by atoms with Crippen molar-refractivity contribution in [3.8, 4) is 11.5 Å². The van der Waals surface area contributed by atoms with Crippen molar-refractivity contribution in [3.05, 3.63) is 71.2 Å². The third kappa shape index (κ3) is 4.89. The van der Waals surface area contributed by atoms with Gasteiger partial charge in [-0.1, -0.05) is 18.2 Å². The van der Waals surface area contributed by atoms with Gasteiger partial charge in [0.05, 0.1) is 30.0 Å². The van der Waals surface area contributed by atoms with Crippen molar-refractivity contribution in [2.24, 2.45) is 0 Å². The number of carbonyl (C=O) groups is 3. The second-order valence-electron chi connectivity index (χ2n) is 9.17. The highest BCUT2D eigenvalue weighted by molar-refractivity contribution is 7.21. The average molecular weight is 544 g/mol. The van der Waals surface area contributed by atoms with E-state index in [0.717, 1.165) is 5.56 Å². The molecule has 0 unspecified atom stereocenters. The number of urea groups is 1. The van der Waals surface area contributed by atoms with Crippen molar-refractivity contribution in [2.75, 3.05) is 48.4 Å². The van der Waals surface area contributed by atoms with E-state index < -0.39 is 11.9 Å². The molecule has 11 heteroatoms. The van der Waals surface area contributed by atoms with Crippen molar-refractivity contribution in [2.45, 2.75) is 6.92 Å². The van der Waals surface area contributed by atoms with Gasteiger partial charge >= 0.3 is 6.03 Å². The van der Waals surface area contributed by atoms with Gasteiger partial charge in [0, 0.05) is 25.0 Å². The minimum Gasteiger partial charge on any atom is -0.457 e. The van der Waals surface area contributed by atoms with E-state index in [4.69, 9.17) is 9.47 Å². The number of carbonyl (C=O) groups excluding carboxylic acids is 3. The predicted octanol–water partition coefficient (Wildman–Crippen LogP) is 4.86. The second-order valence-corrected chi connectivity index (χ2v) is 10.2. The summed E-state index contributed by atoms with van der Waals surface area (Å²) in [7, 11) is 0. The lowest BCUT2D eigenvalue weighted by Gasteiger charge is -2.31. The summed E-state index contributed by atoms with van der Waals surface area (Å²) in [4.78, 5) is 48.4. The topological polar surface area (TPSA) is 113 Å². The molecule has 2 aliphatic heterocycles. The Labute approximate surface area is 228 Å². The van der Waals surface area contributed by atoms with Crippen LogP contribution in [0.25, 0.3) is 10.2 Å². The van der Waals surface area contributed by atoms with E-state index >= 15 is 0 Å². The number of amides is 4. The first-order valence-corrected chi connectivity index (χ1v) is 13.3. The first kappa shape index (κ1) is 24.8. The van der Waals surface area contributed by atoms with Gasteiger partial charge in [-0.3, -0.25) is 14.5 Å². The molecule has 4 amide bonds. The average Bonchev–Trinajstić information content (AvgIpc) is 3.32. The van der Waals surface area contributed by atoms with Gasteiger partial charge in [-0.15, -0.1) is 11.3 Å². The van der Waals surface area contributed by atoms with Gasteiger partial charge in [0.2, 0.25) is 5.91 Å². The van der Waals surface area contributed by atoms with Crippen molar-refractivity contribution in [3.63, 3.8) is 0 Å². The molecule has 0 bridgehead atoms. The Balaban J connectivity index is 1.38. The Hall–Kier alpha value is -4.48. The quantitative estimate of drug-likeness (QED) is 0.359. The van der Waals surface area contributed by atoms with Gasteiger partial charge < -0.3 is 25.0 Å². The SMILES string of the molecule is Cc1cc(Oc2ccccc2)ccc1N(CC(=O)N1CCOCC1)C(=O)c1sc2nccc3c2c1NC(=O)N3. The van der Waals surface area contributed by atoms with E-state index in [1.807, 2.05) is 43.3 Å². The molecule has 6 rings (SSSR count). The van der Waals surface area contributed by atoms with E-state index in [-0.39, 0.29) is 12.5 Å². The number of benzene rings is 2. The molecule has 1 saturated heterocycles. The molecule has 0 spiro atoms. The molecule has 198 valence electrons. The van der Waals surface area contributed by atoms with Crippen molar-refractivity contribution in [1.82, 2.24) is 9.88 Å². The van der Waals surface area contributed by atoms with Crippen LogP contribution in [0.5, 0.6) is 11.5 Å². The standard InChI is InChI=1S/C28H25N5O5S/c1-17-15-19(38-18-5-3-2-4-6-18)7-8-21(17)33(16-22(34)32-11-13-37-14-12-32)27(35)25-24-23-20(30-28(36)31-24)9-10-29-26(23)39-25/h2-10,15H,11-14,16H2,1H3,(H2,30,31,36). The van der Waals surface area contributed by atoms with Crippen LogP contribution in [0.3, 0.4) is 0 Å². The molecule has 2 N–H and O–H groups in total. The number of hydrogen-bond donors (Lipinski definition) is 2. The van der Waals surface area contributed by atoms with Crippen LogP contribution in [0.4, 0.5) is 21.9 Å². The van der Waals surface area contributed by atoms with Crippen molar-refractivity contribution >= 4 is 56.5 Å². The van der Waals surface area contributed by atoms with Crippen LogP contribution in [-0.2, 0) is 9.53 Å². The van der Waals surface area contributed by atoms with E-state index in [9.17, 15) is 14.4 Å². The van der Waals surface area contributed by atoms with Gasteiger partial charge in [-0.2, -0.15) is 0 Å². The van der Waals surface area contributed by atoms with Gasteiger partial charge in [0.1, 0.15) is 27.8 Å². The highest BCUT2D eigenvalue weighted by Gasteiger charge is 2.32. The number of aromatic nitrogens is 1. The number of anilines is 3. The van der Waals surface area contributed by atoms with Crippen LogP contribution in [0.2, 0.25) is 0 Å². The summed E-state index contributed by atoms with van der Waals surface area (Å²) in [6.45, 7) is 3.54. The second kappa shape index (κ2) is 10.4. The summed E-state index contributed by atoms with van der Waals surface area (Å²) in [5, 5.41) is 6.20. The summed E-state index contributed by atoms with van der Waals surface area (Å²) in [6.07, 6.45) is 1.59. The Morgan fingerprint density at radius 3 is 2.64 bits per heavy atom. The van der Waals surface area contributed by atoms with Crippen LogP contribution in [0.1, 0.15) is 15.2 Å². The summed E-state index contributed by atoms with van der Waals surface area (Å²) in [5.41, 5.74) is 2.31. The molecule has 4 heterocycles. The molecule has 0 atom stereocenters. The fraction of sp³-hybridized carbons (Fsp3) is 0.214. The Morgan fingerprint density at radius 2 is 1.87 bits per heavy atom. The van der Waals surface area contributed by atoms with Crippen LogP contribution in [0.15, 0.2) is 60.8 Å².